The zero-order chi connectivity index (χ0) is 15.6. The van der Waals surface area contributed by atoms with Crippen LogP contribution >= 0.6 is 11.6 Å². The molecule has 0 spiro atoms. The van der Waals surface area contributed by atoms with Crippen molar-refractivity contribution in [3.8, 4) is 6.07 Å². The van der Waals surface area contributed by atoms with E-state index in [1.54, 1.807) is 0 Å². The number of anilines is 1. The van der Waals surface area contributed by atoms with E-state index in [1.807, 2.05) is 6.07 Å². The lowest BCUT2D eigenvalue weighted by Gasteiger charge is -2.26. The fraction of sp³-hybridized carbons (Fsp3) is 0.357. The lowest BCUT2D eigenvalue weighted by atomic mass is 9.96. The molecule has 0 heterocycles. The molecule has 21 heavy (non-hydrogen) atoms. The Hall–Kier alpha value is -2.26. The molecule has 1 aromatic rings. The maximum absolute atomic E-state index is 12.0. The summed E-state index contributed by atoms with van der Waals surface area (Å²) in [4.78, 5) is 23.3. The molecule has 0 aromatic heterocycles. The van der Waals surface area contributed by atoms with Crippen LogP contribution in [0, 0.1) is 17.2 Å². The molecular formula is C14H14ClN3O3. The van der Waals surface area contributed by atoms with Crippen molar-refractivity contribution in [2.75, 3.05) is 5.32 Å². The molecule has 0 bridgehead atoms. The van der Waals surface area contributed by atoms with Crippen molar-refractivity contribution in [1.29, 1.82) is 5.26 Å². The van der Waals surface area contributed by atoms with Gasteiger partial charge in [0.15, 0.2) is 0 Å². The number of carboxylic acids is 1. The van der Waals surface area contributed by atoms with Gasteiger partial charge in [-0.1, -0.05) is 11.6 Å². The molecule has 1 aliphatic carbocycles. The molecule has 6 nitrogen and oxygen atoms in total. The zero-order valence-electron chi connectivity index (χ0n) is 11.3. The lowest BCUT2D eigenvalue weighted by Crippen LogP contribution is -2.55. The highest BCUT2D eigenvalue weighted by atomic mass is 35.5. The molecule has 110 valence electrons. The van der Waals surface area contributed by atoms with Gasteiger partial charge in [-0.05, 0) is 43.9 Å². The minimum absolute atomic E-state index is 0.0679. The first-order valence-electron chi connectivity index (χ1n) is 6.39. The van der Waals surface area contributed by atoms with Gasteiger partial charge in [0.2, 0.25) is 0 Å². The SMILES string of the molecule is CC(NC(=O)Nc1cc(C#N)ccc1Cl)(C(=O)O)C1CC1. The Kier molecular flexibility index (Phi) is 4.05. The number of nitrogens with zero attached hydrogens (tertiary/aromatic N) is 1. The van der Waals surface area contributed by atoms with Gasteiger partial charge in [0.25, 0.3) is 0 Å². The number of rotatable bonds is 4. The molecule has 2 rings (SSSR count). The largest absolute Gasteiger partial charge is 0.480 e. The summed E-state index contributed by atoms with van der Waals surface area (Å²) in [6.07, 6.45) is 1.54. The van der Waals surface area contributed by atoms with Crippen molar-refractivity contribution in [1.82, 2.24) is 5.32 Å². The third-order valence-electron chi connectivity index (χ3n) is 3.55. The van der Waals surface area contributed by atoms with Crippen molar-refractivity contribution in [2.24, 2.45) is 5.92 Å². The number of hydrogen-bond donors (Lipinski definition) is 3. The Morgan fingerprint density at radius 1 is 1.48 bits per heavy atom. The van der Waals surface area contributed by atoms with Crippen molar-refractivity contribution < 1.29 is 14.7 Å². The molecule has 1 aliphatic rings. The topological polar surface area (TPSA) is 102 Å². The van der Waals surface area contributed by atoms with Crippen LogP contribution in [0.3, 0.4) is 0 Å². The number of nitriles is 1. The summed E-state index contributed by atoms with van der Waals surface area (Å²) < 4.78 is 0. The highest BCUT2D eigenvalue weighted by molar-refractivity contribution is 6.33. The Morgan fingerprint density at radius 2 is 2.14 bits per heavy atom. The van der Waals surface area contributed by atoms with Gasteiger partial charge in [-0.25, -0.2) is 9.59 Å². The zero-order valence-corrected chi connectivity index (χ0v) is 12.1. The Labute approximate surface area is 126 Å². The molecule has 1 atom stereocenters. The van der Waals surface area contributed by atoms with Gasteiger partial charge < -0.3 is 15.7 Å². The summed E-state index contributed by atoms with van der Waals surface area (Å²) in [5.74, 6) is -1.14. The van der Waals surface area contributed by atoms with Gasteiger partial charge in [0.1, 0.15) is 5.54 Å². The summed E-state index contributed by atoms with van der Waals surface area (Å²) in [5.41, 5.74) is -0.696. The quantitative estimate of drug-likeness (QED) is 0.795. The number of amides is 2. The van der Waals surface area contributed by atoms with E-state index in [0.29, 0.717) is 5.56 Å². The highest BCUT2D eigenvalue weighted by Gasteiger charge is 2.48. The van der Waals surface area contributed by atoms with Crippen LogP contribution in [0.2, 0.25) is 5.02 Å². The van der Waals surface area contributed by atoms with Crippen molar-refractivity contribution in [2.45, 2.75) is 25.3 Å². The number of urea groups is 1. The van der Waals surface area contributed by atoms with Crippen LogP contribution in [0.5, 0.6) is 0 Å². The second-order valence-corrected chi connectivity index (χ2v) is 5.57. The number of carbonyl (C=O) groups is 2. The van der Waals surface area contributed by atoms with Gasteiger partial charge in [-0.15, -0.1) is 0 Å². The summed E-state index contributed by atoms with van der Waals surface area (Å²) in [7, 11) is 0. The van der Waals surface area contributed by atoms with Crippen LogP contribution in [0.25, 0.3) is 0 Å². The predicted octanol–water partition coefficient (Wildman–Crippen LogP) is 2.59. The second-order valence-electron chi connectivity index (χ2n) is 5.17. The predicted molar refractivity (Wildman–Crippen MR) is 77.1 cm³/mol. The number of nitrogens with one attached hydrogen (secondary N) is 2. The van der Waals surface area contributed by atoms with Crippen LogP contribution < -0.4 is 10.6 Å². The van der Waals surface area contributed by atoms with Gasteiger partial charge in [-0.3, -0.25) is 0 Å². The lowest BCUT2D eigenvalue weighted by molar-refractivity contribution is -0.144. The third kappa shape index (κ3) is 3.26. The average Bonchev–Trinajstić information content (AvgIpc) is 3.25. The smallest absolute Gasteiger partial charge is 0.329 e. The Balaban J connectivity index is 2.11. The first-order valence-corrected chi connectivity index (χ1v) is 6.77. The number of carbonyl (C=O) groups excluding carboxylic acids is 1. The first kappa shape index (κ1) is 15.1. The molecule has 2 amide bonds. The van der Waals surface area contributed by atoms with Crippen LogP contribution in [-0.4, -0.2) is 22.6 Å². The standard InChI is InChI=1S/C14H14ClN3O3/c1-14(12(19)20,9-3-4-9)18-13(21)17-11-6-8(7-16)2-5-10(11)15/h2,5-6,9H,3-4H2,1H3,(H,19,20)(H2,17,18,21). The van der Waals surface area contributed by atoms with Gasteiger partial charge in [0, 0.05) is 0 Å². The first-order chi connectivity index (χ1) is 9.86. The van der Waals surface area contributed by atoms with Crippen LogP contribution in [0.4, 0.5) is 10.5 Å². The van der Waals surface area contributed by atoms with E-state index in [4.69, 9.17) is 16.9 Å². The fourth-order valence-electron chi connectivity index (χ4n) is 2.07. The monoisotopic (exact) mass is 307 g/mol. The van der Waals surface area contributed by atoms with Gasteiger partial charge in [0.05, 0.1) is 22.3 Å². The van der Waals surface area contributed by atoms with Crippen LogP contribution in [0.1, 0.15) is 25.3 Å². The third-order valence-corrected chi connectivity index (χ3v) is 3.88. The van der Waals surface area contributed by atoms with E-state index in [2.05, 4.69) is 10.6 Å². The van der Waals surface area contributed by atoms with Crippen molar-refractivity contribution in [3.63, 3.8) is 0 Å². The molecule has 0 aliphatic heterocycles. The maximum atomic E-state index is 12.0. The van der Waals surface area contributed by atoms with E-state index >= 15 is 0 Å². The molecule has 1 fully saturated rings. The normalized spacial score (nSPS) is 16.4. The van der Waals surface area contributed by atoms with Crippen molar-refractivity contribution >= 4 is 29.3 Å². The molecule has 1 saturated carbocycles. The molecule has 0 saturated heterocycles. The van der Waals surface area contributed by atoms with E-state index in [0.717, 1.165) is 12.8 Å². The second kappa shape index (κ2) is 5.62. The molecule has 1 aromatic carbocycles. The van der Waals surface area contributed by atoms with Crippen LogP contribution in [-0.2, 0) is 4.79 Å². The maximum Gasteiger partial charge on any atom is 0.329 e. The molecular weight excluding hydrogens is 294 g/mol. The highest BCUT2D eigenvalue weighted by Crippen LogP contribution is 2.39. The van der Waals surface area contributed by atoms with Gasteiger partial charge >= 0.3 is 12.0 Å². The minimum atomic E-state index is -1.30. The Bertz CT molecular complexity index is 637. The number of aliphatic carboxylic acids is 1. The summed E-state index contributed by atoms with van der Waals surface area (Å²) >= 11 is 5.94. The number of halogens is 1. The van der Waals surface area contributed by atoms with E-state index in [9.17, 15) is 14.7 Å². The van der Waals surface area contributed by atoms with Crippen LogP contribution in [0.15, 0.2) is 18.2 Å². The summed E-state index contributed by atoms with van der Waals surface area (Å²) in [6.45, 7) is 1.49. The Morgan fingerprint density at radius 3 is 2.67 bits per heavy atom. The molecule has 7 heteroatoms. The average molecular weight is 308 g/mol. The number of hydrogen-bond acceptors (Lipinski definition) is 3. The van der Waals surface area contributed by atoms with E-state index in [1.165, 1.54) is 25.1 Å². The molecule has 1 unspecified atom stereocenters. The number of carboxylic acid groups (broad SMARTS) is 1. The van der Waals surface area contributed by atoms with Crippen molar-refractivity contribution in [3.05, 3.63) is 28.8 Å². The van der Waals surface area contributed by atoms with E-state index in [-0.39, 0.29) is 16.6 Å². The van der Waals surface area contributed by atoms with Gasteiger partial charge in [-0.2, -0.15) is 5.26 Å². The minimum Gasteiger partial charge on any atom is -0.480 e. The fourth-order valence-corrected chi connectivity index (χ4v) is 2.24. The number of benzene rings is 1. The summed E-state index contributed by atoms with van der Waals surface area (Å²) in [5, 5.41) is 23.3. The summed E-state index contributed by atoms with van der Waals surface area (Å²) in [6, 6.07) is 5.72. The molecule has 0 radical (unpaired) electrons. The van der Waals surface area contributed by atoms with E-state index < -0.39 is 17.5 Å². The molecule has 3 N–H and O–H groups in total.